The SMILES string of the molecule is O=C(C(c1ccccc1)c1ccccc1)N1CCN(C[C@@H](O)COc2ccccc2)CC1. The van der Waals surface area contributed by atoms with Crippen molar-refractivity contribution < 1.29 is 14.6 Å². The lowest BCUT2D eigenvalue weighted by Crippen LogP contribution is -2.52. The van der Waals surface area contributed by atoms with Gasteiger partial charge in [-0.05, 0) is 23.3 Å². The van der Waals surface area contributed by atoms with Crippen LogP contribution < -0.4 is 4.74 Å². The van der Waals surface area contributed by atoms with Gasteiger partial charge in [-0.2, -0.15) is 0 Å². The molecule has 3 aromatic rings. The van der Waals surface area contributed by atoms with Crippen molar-refractivity contribution in [1.29, 1.82) is 0 Å². The standard InChI is InChI=1S/C27H30N2O3/c30-24(21-32-25-14-8-3-9-15-25)20-28-16-18-29(19-17-28)27(31)26(22-10-4-1-5-11-22)23-12-6-2-7-13-23/h1-15,24,26,30H,16-21H2/t24-/m1/s1. The first kappa shape index (κ1) is 22.1. The van der Waals surface area contributed by atoms with Crippen molar-refractivity contribution in [2.24, 2.45) is 0 Å². The van der Waals surface area contributed by atoms with E-state index in [0.29, 0.717) is 19.6 Å². The van der Waals surface area contributed by atoms with Crippen LogP contribution in [0.2, 0.25) is 0 Å². The van der Waals surface area contributed by atoms with E-state index in [1.54, 1.807) is 0 Å². The number of carbonyl (C=O) groups is 1. The lowest BCUT2D eigenvalue weighted by atomic mass is 9.90. The Bertz CT molecular complexity index is 918. The molecule has 0 radical (unpaired) electrons. The van der Waals surface area contributed by atoms with Gasteiger partial charge in [-0.25, -0.2) is 0 Å². The van der Waals surface area contributed by atoms with Gasteiger partial charge in [0, 0.05) is 32.7 Å². The van der Waals surface area contributed by atoms with Crippen LogP contribution >= 0.6 is 0 Å². The van der Waals surface area contributed by atoms with Crippen LogP contribution in [0.1, 0.15) is 17.0 Å². The third kappa shape index (κ3) is 5.75. The minimum absolute atomic E-state index is 0.134. The average molecular weight is 431 g/mol. The Hall–Kier alpha value is -3.15. The number of ether oxygens (including phenoxy) is 1. The van der Waals surface area contributed by atoms with E-state index < -0.39 is 6.10 Å². The van der Waals surface area contributed by atoms with Crippen molar-refractivity contribution in [3.8, 4) is 5.75 Å². The first-order valence-electron chi connectivity index (χ1n) is 11.2. The Morgan fingerprint density at radius 2 is 1.28 bits per heavy atom. The molecular formula is C27H30N2O3. The van der Waals surface area contributed by atoms with Gasteiger partial charge in [0.25, 0.3) is 0 Å². The maximum atomic E-state index is 13.5. The molecule has 0 unspecified atom stereocenters. The highest BCUT2D eigenvalue weighted by atomic mass is 16.5. The van der Waals surface area contributed by atoms with Gasteiger partial charge in [0.2, 0.25) is 5.91 Å². The Labute approximate surface area is 189 Å². The summed E-state index contributed by atoms with van der Waals surface area (Å²) in [6.45, 7) is 3.58. The molecule has 0 saturated carbocycles. The fourth-order valence-electron chi connectivity index (χ4n) is 4.16. The number of β-amino-alcohol motifs (C(OH)–C–C–N with tert-alkyl or cyclic N) is 1. The van der Waals surface area contributed by atoms with Crippen molar-refractivity contribution in [1.82, 2.24) is 9.80 Å². The molecule has 166 valence electrons. The summed E-state index contributed by atoms with van der Waals surface area (Å²) in [5.41, 5.74) is 2.03. The highest BCUT2D eigenvalue weighted by molar-refractivity contribution is 5.87. The molecule has 1 atom stereocenters. The van der Waals surface area contributed by atoms with E-state index in [-0.39, 0.29) is 18.4 Å². The van der Waals surface area contributed by atoms with E-state index in [1.165, 1.54) is 0 Å². The summed E-state index contributed by atoms with van der Waals surface area (Å²) in [4.78, 5) is 17.7. The zero-order valence-corrected chi connectivity index (χ0v) is 18.2. The van der Waals surface area contributed by atoms with E-state index in [2.05, 4.69) is 4.90 Å². The number of amides is 1. The third-order valence-corrected chi connectivity index (χ3v) is 5.85. The molecule has 0 bridgehead atoms. The molecule has 32 heavy (non-hydrogen) atoms. The minimum Gasteiger partial charge on any atom is -0.491 e. The first-order valence-corrected chi connectivity index (χ1v) is 11.2. The fraction of sp³-hybridized carbons (Fsp3) is 0.296. The number of aliphatic hydroxyl groups is 1. The number of para-hydroxylation sites is 1. The Morgan fingerprint density at radius 1 is 0.781 bits per heavy atom. The average Bonchev–Trinajstić information content (AvgIpc) is 2.85. The van der Waals surface area contributed by atoms with Crippen molar-refractivity contribution in [3.63, 3.8) is 0 Å². The van der Waals surface area contributed by atoms with E-state index in [1.807, 2.05) is 95.9 Å². The summed E-state index contributed by atoms with van der Waals surface area (Å²) in [7, 11) is 0. The quantitative estimate of drug-likeness (QED) is 0.595. The Balaban J connectivity index is 1.33. The Kier molecular flexibility index (Phi) is 7.54. The molecule has 1 N–H and O–H groups in total. The number of nitrogens with zero attached hydrogens (tertiary/aromatic N) is 2. The van der Waals surface area contributed by atoms with Gasteiger partial charge >= 0.3 is 0 Å². The molecule has 5 nitrogen and oxygen atoms in total. The van der Waals surface area contributed by atoms with Crippen LogP contribution in [-0.2, 0) is 4.79 Å². The number of hydrogen-bond donors (Lipinski definition) is 1. The zero-order chi connectivity index (χ0) is 22.2. The molecule has 1 amide bonds. The van der Waals surface area contributed by atoms with Crippen LogP contribution in [0.4, 0.5) is 0 Å². The number of hydrogen-bond acceptors (Lipinski definition) is 4. The van der Waals surface area contributed by atoms with E-state index in [4.69, 9.17) is 4.74 Å². The maximum absolute atomic E-state index is 13.5. The second-order valence-corrected chi connectivity index (χ2v) is 8.16. The first-order chi connectivity index (χ1) is 15.7. The molecule has 0 spiro atoms. The highest BCUT2D eigenvalue weighted by Crippen LogP contribution is 2.27. The largest absolute Gasteiger partial charge is 0.491 e. The van der Waals surface area contributed by atoms with E-state index >= 15 is 0 Å². The van der Waals surface area contributed by atoms with Crippen LogP contribution in [0.15, 0.2) is 91.0 Å². The van der Waals surface area contributed by atoms with Gasteiger partial charge in [0.05, 0.1) is 5.92 Å². The molecule has 3 aromatic carbocycles. The van der Waals surface area contributed by atoms with Gasteiger partial charge in [-0.15, -0.1) is 0 Å². The van der Waals surface area contributed by atoms with Crippen LogP contribution in [-0.4, -0.2) is 66.2 Å². The molecular weight excluding hydrogens is 400 g/mol. The lowest BCUT2D eigenvalue weighted by molar-refractivity contribution is -0.133. The molecule has 0 aliphatic carbocycles. The third-order valence-electron chi connectivity index (χ3n) is 5.85. The van der Waals surface area contributed by atoms with Crippen molar-refractivity contribution in [3.05, 3.63) is 102 Å². The molecule has 1 aliphatic heterocycles. The number of piperazine rings is 1. The van der Waals surface area contributed by atoms with Gasteiger partial charge in [0.15, 0.2) is 0 Å². The number of aliphatic hydroxyl groups excluding tert-OH is 1. The summed E-state index contributed by atoms with van der Waals surface area (Å²) in [6.07, 6.45) is -0.571. The summed E-state index contributed by atoms with van der Waals surface area (Å²) >= 11 is 0. The van der Waals surface area contributed by atoms with Crippen LogP contribution in [0.5, 0.6) is 5.75 Å². The predicted molar refractivity (Wildman–Crippen MR) is 126 cm³/mol. The minimum atomic E-state index is -0.571. The maximum Gasteiger partial charge on any atom is 0.234 e. The summed E-state index contributed by atoms with van der Waals surface area (Å²) in [5.74, 6) is 0.596. The van der Waals surface area contributed by atoms with Gasteiger partial charge in [-0.3, -0.25) is 9.69 Å². The fourth-order valence-corrected chi connectivity index (χ4v) is 4.16. The topological polar surface area (TPSA) is 53.0 Å². The molecule has 1 heterocycles. The lowest BCUT2D eigenvalue weighted by Gasteiger charge is -2.37. The van der Waals surface area contributed by atoms with Crippen LogP contribution in [0.3, 0.4) is 0 Å². The van der Waals surface area contributed by atoms with Gasteiger partial charge < -0.3 is 14.7 Å². The molecule has 5 heteroatoms. The molecule has 1 fully saturated rings. The van der Waals surface area contributed by atoms with E-state index in [9.17, 15) is 9.90 Å². The van der Waals surface area contributed by atoms with Crippen LogP contribution in [0, 0.1) is 0 Å². The number of carbonyl (C=O) groups excluding carboxylic acids is 1. The second kappa shape index (κ2) is 10.9. The zero-order valence-electron chi connectivity index (χ0n) is 18.2. The number of benzene rings is 3. The summed E-state index contributed by atoms with van der Waals surface area (Å²) in [6, 6.07) is 29.5. The Morgan fingerprint density at radius 3 is 1.81 bits per heavy atom. The normalized spacial score (nSPS) is 15.5. The molecule has 1 aliphatic rings. The molecule has 0 aromatic heterocycles. The summed E-state index contributed by atoms with van der Waals surface area (Å²) in [5, 5.41) is 10.4. The van der Waals surface area contributed by atoms with Crippen molar-refractivity contribution in [2.75, 3.05) is 39.3 Å². The monoisotopic (exact) mass is 430 g/mol. The van der Waals surface area contributed by atoms with Crippen molar-refractivity contribution >= 4 is 5.91 Å². The molecule has 1 saturated heterocycles. The predicted octanol–water partition coefficient (Wildman–Crippen LogP) is 3.40. The summed E-state index contributed by atoms with van der Waals surface area (Å²) < 4.78 is 5.66. The second-order valence-electron chi connectivity index (χ2n) is 8.16. The van der Waals surface area contributed by atoms with Crippen molar-refractivity contribution in [2.45, 2.75) is 12.0 Å². The van der Waals surface area contributed by atoms with Crippen LogP contribution in [0.25, 0.3) is 0 Å². The highest BCUT2D eigenvalue weighted by Gasteiger charge is 2.30. The molecule has 4 rings (SSSR count). The van der Waals surface area contributed by atoms with E-state index in [0.717, 1.165) is 30.0 Å². The van der Waals surface area contributed by atoms with Gasteiger partial charge in [-0.1, -0.05) is 78.9 Å². The number of rotatable bonds is 8. The van der Waals surface area contributed by atoms with Gasteiger partial charge in [0.1, 0.15) is 18.5 Å². The smallest absolute Gasteiger partial charge is 0.234 e.